The number of terminal acetylenes is 1. The number of rotatable bonds is 8. The first-order valence-corrected chi connectivity index (χ1v) is 19.8. The number of hydrogen-bond donors (Lipinski definition) is 1. The summed E-state index contributed by atoms with van der Waals surface area (Å²) in [6.45, 7) is 1.43. The number of aromatic nitrogens is 4. The van der Waals surface area contributed by atoms with Gasteiger partial charge in [0.2, 0.25) is 5.60 Å². The van der Waals surface area contributed by atoms with Gasteiger partial charge in [-0.1, -0.05) is 31.6 Å². The molecule has 53 heavy (non-hydrogen) atoms. The molecule has 13 nitrogen and oxygen atoms in total. The van der Waals surface area contributed by atoms with Crippen molar-refractivity contribution in [2.24, 2.45) is 22.7 Å². The lowest BCUT2D eigenvalue weighted by molar-refractivity contribution is -0.173. The topological polar surface area (TPSA) is 161 Å². The van der Waals surface area contributed by atoms with Gasteiger partial charge in [-0.15, -0.1) is 6.42 Å². The van der Waals surface area contributed by atoms with Crippen LogP contribution in [0.2, 0.25) is 0 Å². The van der Waals surface area contributed by atoms with Crippen LogP contribution in [0.15, 0.2) is 6.33 Å². The summed E-state index contributed by atoms with van der Waals surface area (Å²) in [5.41, 5.74) is -0.117. The summed E-state index contributed by atoms with van der Waals surface area (Å²) < 4.78 is 25.7. The smallest absolute Gasteiger partial charge is 0.309 e. The number of cyclic esters (lactones) is 1. The van der Waals surface area contributed by atoms with Crippen LogP contribution in [0.3, 0.4) is 0 Å². The highest BCUT2D eigenvalue weighted by Gasteiger charge is 2.54. The highest BCUT2D eigenvalue weighted by molar-refractivity contribution is 6.00. The number of ether oxygens (including phenoxy) is 4. The second-order valence-electron chi connectivity index (χ2n) is 16.8. The molecule has 2 aromatic heterocycles. The molecule has 4 saturated carbocycles. The first-order chi connectivity index (χ1) is 25.6. The monoisotopic (exact) mass is 729 g/mol. The number of aryl methyl sites for hydroxylation is 1. The van der Waals surface area contributed by atoms with Crippen LogP contribution in [0, 0.1) is 41.9 Å². The van der Waals surface area contributed by atoms with Crippen LogP contribution in [0.5, 0.6) is 0 Å². The summed E-state index contributed by atoms with van der Waals surface area (Å²) in [6.07, 6.45) is 23.1. The fourth-order valence-corrected chi connectivity index (χ4v) is 10.3. The standard InChI is InChI=1S/C40H51N5O8/c1-3-40(23-50-36(48)26-10-18-38(19-11-26)14-4-5-15-38)29(52-37(49)27-12-20-39(21-13-27)16-6-7-17-39)22-30(53-40)45-24-41-32-33(42-25(2)43-34(32)45)44-35(47)28-8-9-31(46)51-28/h1,24,26-30H,4-23H2,2H3,(H,42,43,44,47)/t28-,29+,30-,40-/m1/s1. The number of anilines is 1. The molecule has 6 fully saturated rings. The molecule has 0 radical (unpaired) electrons. The Morgan fingerprint density at radius 2 is 1.55 bits per heavy atom. The molecule has 4 aliphatic carbocycles. The van der Waals surface area contributed by atoms with Crippen molar-refractivity contribution in [1.82, 2.24) is 19.5 Å². The molecule has 284 valence electrons. The van der Waals surface area contributed by atoms with Crippen LogP contribution >= 0.6 is 0 Å². The van der Waals surface area contributed by atoms with Gasteiger partial charge >= 0.3 is 17.9 Å². The number of hydrogen-bond acceptors (Lipinski definition) is 11. The molecule has 0 unspecified atom stereocenters. The van der Waals surface area contributed by atoms with Gasteiger partial charge in [-0.05, 0) is 94.8 Å². The van der Waals surface area contributed by atoms with E-state index in [2.05, 4.69) is 26.2 Å². The van der Waals surface area contributed by atoms with Gasteiger partial charge in [0.1, 0.15) is 24.8 Å². The van der Waals surface area contributed by atoms with Gasteiger partial charge in [-0.2, -0.15) is 0 Å². The van der Waals surface area contributed by atoms with E-state index in [-0.39, 0.29) is 55.5 Å². The number of carbonyl (C=O) groups excluding carboxylic acids is 4. The van der Waals surface area contributed by atoms with Crippen LogP contribution in [0.1, 0.15) is 134 Å². The molecule has 13 heteroatoms. The minimum atomic E-state index is -1.54. The van der Waals surface area contributed by atoms with Crippen molar-refractivity contribution in [3.8, 4) is 12.3 Å². The molecule has 4 heterocycles. The van der Waals surface area contributed by atoms with Crippen LogP contribution in [-0.2, 0) is 38.1 Å². The third-order valence-electron chi connectivity index (χ3n) is 13.6. The zero-order chi connectivity index (χ0) is 36.8. The van der Waals surface area contributed by atoms with Gasteiger partial charge in [0.25, 0.3) is 5.91 Å². The Hall–Kier alpha value is -4.05. The van der Waals surface area contributed by atoms with E-state index in [1.807, 2.05) is 0 Å². The van der Waals surface area contributed by atoms with E-state index in [4.69, 9.17) is 25.4 Å². The molecule has 2 saturated heterocycles. The van der Waals surface area contributed by atoms with Gasteiger partial charge in [-0.25, -0.2) is 15.0 Å². The van der Waals surface area contributed by atoms with E-state index in [1.54, 1.807) is 11.5 Å². The van der Waals surface area contributed by atoms with E-state index in [0.717, 1.165) is 51.4 Å². The Bertz CT molecular complexity index is 1790. The van der Waals surface area contributed by atoms with Crippen molar-refractivity contribution < 1.29 is 38.1 Å². The molecule has 1 amide bonds. The molecule has 4 atom stereocenters. The average Bonchev–Trinajstić information content (AvgIpc) is 4.01. The van der Waals surface area contributed by atoms with Gasteiger partial charge in [-0.3, -0.25) is 23.7 Å². The molecular formula is C40H51N5O8. The molecule has 0 aromatic carbocycles. The summed E-state index contributed by atoms with van der Waals surface area (Å²) in [7, 11) is 0. The van der Waals surface area contributed by atoms with Gasteiger partial charge in [0.05, 0.1) is 18.2 Å². The lowest BCUT2D eigenvalue weighted by Gasteiger charge is -2.37. The van der Waals surface area contributed by atoms with Gasteiger partial charge < -0.3 is 24.3 Å². The Kier molecular flexibility index (Phi) is 9.71. The molecule has 8 rings (SSSR count). The largest absolute Gasteiger partial charge is 0.461 e. The Morgan fingerprint density at radius 1 is 0.925 bits per heavy atom. The number of nitrogens with zero attached hydrogens (tertiary/aromatic N) is 4. The third-order valence-corrected chi connectivity index (χ3v) is 13.6. The zero-order valence-electron chi connectivity index (χ0n) is 30.7. The first-order valence-electron chi connectivity index (χ1n) is 19.8. The Labute approximate surface area is 310 Å². The second-order valence-corrected chi connectivity index (χ2v) is 16.8. The summed E-state index contributed by atoms with van der Waals surface area (Å²) in [6, 6.07) is 0. The number of imidazole rings is 1. The number of fused-ring (bicyclic) bond motifs is 1. The lowest BCUT2D eigenvalue weighted by Crippen LogP contribution is -2.47. The lowest BCUT2D eigenvalue weighted by atomic mass is 9.69. The maximum atomic E-state index is 13.8. The molecule has 0 bridgehead atoms. The van der Waals surface area contributed by atoms with Crippen LogP contribution < -0.4 is 5.32 Å². The molecule has 2 aliphatic heterocycles. The maximum absolute atomic E-state index is 13.8. The van der Waals surface area contributed by atoms with Crippen LogP contribution in [-0.4, -0.2) is 67.7 Å². The Balaban J connectivity index is 1.01. The third kappa shape index (κ3) is 7.04. The SMILES string of the molecule is C#C[C@]1(COC(=O)C2CCC3(CCCC3)CC2)O[C@@H](n2cnc3c(NC(=O)[C@H]4CCC(=O)O4)nc(C)nc32)C[C@@H]1OC(=O)C1CCC2(CCCC2)CC1. The Morgan fingerprint density at radius 3 is 2.13 bits per heavy atom. The molecule has 2 spiro atoms. The summed E-state index contributed by atoms with van der Waals surface area (Å²) in [4.78, 5) is 65.5. The van der Waals surface area contributed by atoms with E-state index in [0.29, 0.717) is 27.8 Å². The summed E-state index contributed by atoms with van der Waals surface area (Å²) in [5, 5.41) is 2.75. The molecular weight excluding hydrogens is 678 g/mol. The minimum Gasteiger partial charge on any atom is -0.461 e. The van der Waals surface area contributed by atoms with Crippen molar-refractivity contribution in [2.45, 2.75) is 153 Å². The van der Waals surface area contributed by atoms with E-state index < -0.39 is 35.9 Å². The first kappa shape index (κ1) is 36.0. The fraction of sp³-hybridized carbons (Fsp3) is 0.725. The van der Waals surface area contributed by atoms with Crippen molar-refractivity contribution in [1.29, 1.82) is 0 Å². The van der Waals surface area contributed by atoms with Crippen molar-refractivity contribution in [3.05, 3.63) is 12.2 Å². The van der Waals surface area contributed by atoms with E-state index in [1.165, 1.54) is 57.7 Å². The fourth-order valence-electron chi connectivity index (χ4n) is 10.3. The number of nitrogens with one attached hydrogen (secondary N) is 1. The van der Waals surface area contributed by atoms with Crippen LogP contribution in [0.4, 0.5) is 5.82 Å². The zero-order valence-corrected chi connectivity index (χ0v) is 30.7. The van der Waals surface area contributed by atoms with Crippen molar-refractivity contribution >= 4 is 40.8 Å². The van der Waals surface area contributed by atoms with Crippen molar-refractivity contribution in [2.75, 3.05) is 11.9 Å². The number of esters is 3. The van der Waals surface area contributed by atoms with Gasteiger partial charge in [0.15, 0.2) is 23.1 Å². The number of carbonyl (C=O) groups is 4. The molecule has 1 N–H and O–H groups in total. The molecule has 6 aliphatic rings. The maximum Gasteiger partial charge on any atom is 0.309 e. The highest BCUT2D eigenvalue weighted by atomic mass is 16.6. The van der Waals surface area contributed by atoms with Gasteiger partial charge in [0, 0.05) is 19.3 Å². The summed E-state index contributed by atoms with van der Waals surface area (Å²) in [5.74, 6) is 1.36. The summed E-state index contributed by atoms with van der Waals surface area (Å²) >= 11 is 0. The predicted molar refractivity (Wildman–Crippen MR) is 191 cm³/mol. The van der Waals surface area contributed by atoms with Crippen molar-refractivity contribution in [3.63, 3.8) is 0 Å². The quantitative estimate of drug-likeness (QED) is 0.192. The molecule has 2 aromatic rings. The van der Waals surface area contributed by atoms with E-state index in [9.17, 15) is 19.2 Å². The average molecular weight is 730 g/mol. The second kappa shape index (κ2) is 14.3. The number of amides is 1. The van der Waals surface area contributed by atoms with Crippen LogP contribution in [0.25, 0.3) is 11.2 Å². The highest BCUT2D eigenvalue weighted by Crippen LogP contribution is 2.52. The predicted octanol–water partition coefficient (Wildman–Crippen LogP) is 6.03. The normalized spacial score (nSPS) is 30.8. The minimum absolute atomic E-state index is 0.168. The van der Waals surface area contributed by atoms with E-state index >= 15 is 0 Å².